The molecule has 3 N–H and O–H groups in total. The Morgan fingerprint density at radius 2 is 1.77 bits per heavy atom. The number of H-pyrrole nitrogens is 1. The van der Waals surface area contributed by atoms with Crippen LogP contribution in [0.3, 0.4) is 0 Å². The Bertz CT molecular complexity index is 879. The lowest BCUT2D eigenvalue weighted by Gasteiger charge is -2.33. The number of fused-ring (bicyclic) bond motifs is 1. The van der Waals surface area contributed by atoms with Gasteiger partial charge in [-0.3, -0.25) is 4.79 Å². The van der Waals surface area contributed by atoms with Crippen molar-refractivity contribution in [2.45, 2.75) is 31.2 Å². The van der Waals surface area contributed by atoms with E-state index < -0.39 is 6.04 Å². The van der Waals surface area contributed by atoms with Gasteiger partial charge in [-0.1, -0.05) is 48.5 Å². The fraction of sp³-hybridized carbons (Fsp3) is 0.318. The van der Waals surface area contributed by atoms with E-state index in [0.29, 0.717) is 12.3 Å². The summed E-state index contributed by atoms with van der Waals surface area (Å²) in [6.07, 6.45) is 4.56. The summed E-state index contributed by atoms with van der Waals surface area (Å²) in [4.78, 5) is 18.0. The predicted octanol–water partition coefficient (Wildman–Crippen LogP) is 3.44. The summed E-state index contributed by atoms with van der Waals surface area (Å²) < 4.78 is 0. The van der Waals surface area contributed by atoms with E-state index in [1.807, 2.05) is 35.4 Å². The molecule has 1 aliphatic rings. The van der Waals surface area contributed by atoms with Gasteiger partial charge in [0.2, 0.25) is 5.91 Å². The molecule has 4 nitrogen and oxygen atoms in total. The van der Waals surface area contributed by atoms with Crippen LogP contribution < -0.4 is 5.73 Å². The molecule has 1 atom stereocenters. The smallest absolute Gasteiger partial charge is 0.239 e. The summed E-state index contributed by atoms with van der Waals surface area (Å²) in [7, 11) is 0. The highest BCUT2D eigenvalue weighted by atomic mass is 16.2. The zero-order valence-corrected chi connectivity index (χ0v) is 14.9. The maximum atomic E-state index is 12.8. The van der Waals surface area contributed by atoms with E-state index in [-0.39, 0.29) is 5.91 Å². The molecule has 4 heteroatoms. The van der Waals surface area contributed by atoms with Gasteiger partial charge in [0.1, 0.15) is 0 Å². The number of amides is 1. The number of hydrogen-bond acceptors (Lipinski definition) is 2. The van der Waals surface area contributed by atoms with Crippen LogP contribution in [0.1, 0.15) is 29.9 Å². The first-order valence-electron chi connectivity index (χ1n) is 9.36. The topological polar surface area (TPSA) is 62.1 Å². The second kappa shape index (κ2) is 7.34. The van der Waals surface area contributed by atoms with Crippen LogP contribution in [0, 0.1) is 0 Å². The first-order chi connectivity index (χ1) is 12.7. The highest BCUT2D eigenvalue weighted by molar-refractivity contribution is 5.86. The molecule has 1 aromatic heterocycles. The number of hydrogen-bond donors (Lipinski definition) is 2. The molecule has 2 aromatic carbocycles. The molecule has 0 bridgehead atoms. The number of nitrogens with two attached hydrogens (primary N) is 1. The van der Waals surface area contributed by atoms with Gasteiger partial charge in [0, 0.05) is 30.2 Å². The second-order valence-corrected chi connectivity index (χ2v) is 7.18. The van der Waals surface area contributed by atoms with Gasteiger partial charge < -0.3 is 15.6 Å². The first kappa shape index (κ1) is 16.9. The van der Waals surface area contributed by atoms with Crippen LogP contribution >= 0.6 is 0 Å². The van der Waals surface area contributed by atoms with Crippen molar-refractivity contribution in [1.29, 1.82) is 0 Å². The number of para-hydroxylation sites is 1. The number of aromatic amines is 1. The molecule has 1 saturated heterocycles. The minimum Gasteiger partial charge on any atom is -0.361 e. The average molecular weight is 347 g/mol. The Balaban J connectivity index is 1.37. The Labute approximate surface area is 154 Å². The molecular formula is C22H25N3O. The van der Waals surface area contributed by atoms with Crippen LogP contribution in [-0.2, 0) is 11.2 Å². The summed E-state index contributed by atoms with van der Waals surface area (Å²) in [5, 5.41) is 1.15. The number of piperidine rings is 1. The third-order valence-corrected chi connectivity index (χ3v) is 5.51. The van der Waals surface area contributed by atoms with E-state index in [1.165, 1.54) is 5.56 Å². The van der Waals surface area contributed by atoms with Crippen molar-refractivity contribution in [2.24, 2.45) is 5.73 Å². The fourth-order valence-corrected chi connectivity index (χ4v) is 4.02. The van der Waals surface area contributed by atoms with Crippen LogP contribution in [0.25, 0.3) is 10.9 Å². The van der Waals surface area contributed by atoms with Crippen LogP contribution in [0.15, 0.2) is 60.8 Å². The number of carbonyl (C=O) groups is 1. The van der Waals surface area contributed by atoms with Gasteiger partial charge in [0.15, 0.2) is 0 Å². The SMILES string of the molecule is N[C@H](Cc1c[nH]c2ccccc12)C(=O)N1CCC(c2ccccc2)CC1. The molecule has 2 heterocycles. The zero-order valence-electron chi connectivity index (χ0n) is 14.9. The Hall–Kier alpha value is -2.59. The van der Waals surface area contributed by atoms with E-state index in [0.717, 1.165) is 42.4 Å². The lowest BCUT2D eigenvalue weighted by atomic mass is 9.89. The lowest BCUT2D eigenvalue weighted by molar-refractivity contribution is -0.133. The van der Waals surface area contributed by atoms with Gasteiger partial charge >= 0.3 is 0 Å². The summed E-state index contributed by atoms with van der Waals surface area (Å²) in [6.45, 7) is 1.58. The second-order valence-electron chi connectivity index (χ2n) is 7.18. The lowest BCUT2D eigenvalue weighted by Crippen LogP contribution is -2.47. The van der Waals surface area contributed by atoms with Gasteiger partial charge in [-0.15, -0.1) is 0 Å². The van der Waals surface area contributed by atoms with Crippen molar-refractivity contribution in [3.63, 3.8) is 0 Å². The Kier molecular flexibility index (Phi) is 4.76. The number of nitrogens with zero attached hydrogens (tertiary/aromatic N) is 1. The average Bonchev–Trinajstić information content (AvgIpc) is 3.11. The van der Waals surface area contributed by atoms with Crippen molar-refractivity contribution in [2.75, 3.05) is 13.1 Å². The number of nitrogens with one attached hydrogen (secondary N) is 1. The molecular weight excluding hydrogens is 322 g/mol. The Morgan fingerprint density at radius 1 is 1.08 bits per heavy atom. The molecule has 1 aliphatic heterocycles. The molecule has 0 aliphatic carbocycles. The largest absolute Gasteiger partial charge is 0.361 e. The first-order valence-corrected chi connectivity index (χ1v) is 9.36. The van der Waals surface area contributed by atoms with E-state index in [9.17, 15) is 4.79 Å². The van der Waals surface area contributed by atoms with E-state index in [1.54, 1.807) is 0 Å². The molecule has 26 heavy (non-hydrogen) atoms. The Morgan fingerprint density at radius 3 is 2.54 bits per heavy atom. The number of benzene rings is 2. The maximum Gasteiger partial charge on any atom is 0.239 e. The zero-order chi connectivity index (χ0) is 17.9. The monoisotopic (exact) mass is 347 g/mol. The third-order valence-electron chi connectivity index (χ3n) is 5.51. The van der Waals surface area contributed by atoms with Crippen molar-refractivity contribution >= 4 is 16.8 Å². The minimum atomic E-state index is -0.484. The molecule has 0 spiro atoms. The summed E-state index contributed by atoms with van der Waals surface area (Å²) in [5.74, 6) is 0.617. The van der Waals surface area contributed by atoms with Crippen LogP contribution in [0.5, 0.6) is 0 Å². The van der Waals surface area contributed by atoms with Crippen molar-refractivity contribution < 1.29 is 4.79 Å². The molecule has 4 rings (SSSR count). The molecule has 134 valence electrons. The van der Waals surface area contributed by atoms with Crippen molar-refractivity contribution in [1.82, 2.24) is 9.88 Å². The van der Waals surface area contributed by atoms with Crippen LogP contribution in [-0.4, -0.2) is 34.9 Å². The van der Waals surface area contributed by atoms with Crippen molar-refractivity contribution in [3.8, 4) is 0 Å². The fourth-order valence-electron chi connectivity index (χ4n) is 4.02. The number of rotatable bonds is 4. The van der Waals surface area contributed by atoms with Gasteiger partial charge in [-0.25, -0.2) is 0 Å². The van der Waals surface area contributed by atoms with Crippen molar-refractivity contribution in [3.05, 3.63) is 71.9 Å². The number of carbonyl (C=O) groups excluding carboxylic acids is 1. The molecule has 1 fully saturated rings. The maximum absolute atomic E-state index is 12.8. The summed E-state index contributed by atoms with van der Waals surface area (Å²) in [6, 6.07) is 18.2. The molecule has 3 aromatic rings. The highest BCUT2D eigenvalue weighted by Gasteiger charge is 2.27. The van der Waals surface area contributed by atoms with E-state index >= 15 is 0 Å². The van der Waals surface area contributed by atoms with E-state index in [4.69, 9.17) is 5.73 Å². The number of aromatic nitrogens is 1. The van der Waals surface area contributed by atoms with Gasteiger partial charge in [0.05, 0.1) is 6.04 Å². The molecule has 0 radical (unpaired) electrons. The standard InChI is InChI=1S/C22H25N3O/c23-20(14-18-15-24-21-9-5-4-8-19(18)21)22(26)25-12-10-17(11-13-25)16-6-2-1-3-7-16/h1-9,15,17,20,24H,10-14,23H2/t20-/m1/s1. The van der Waals surface area contributed by atoms with E-state index in [2.05, 4.69) is 35.3 Å². The molecule has 0 saturated carbocycles. The van der Waals surface area contributed by atoms with Gasteiger partial charge in [0.25, 0.3) is 0 Å². The normalized spacial score (nSPS) is 16.7. The minimum absolute atomic E-state index is 0.0711. The van der Waals surface area contributed by atoms with Crippen LogP contribution in [0.4, 0.5) is 0 Å². The summed E-state index contributed by atoms with van der Waals surface area (Å²) in [5.41, 5.74) is 9.85. The number of likely N-dealkylation sites (tertiary alicyclic amines) is 1. The molecule has 1 amide bonds. The van der Waals surface area contributed by atoms with Gasteiger partial charge in [-0.2, -0.15) is 0 Å². The van der Waals surface area contributed by atoms with Crippen LogP contribution in [0.2, 0.25) is 0 Å². The predicted molar refractivity (Wildman–Crippen MR) is 105 cm³/mol. The quantitative estimate of drug-likeness (QED) is 0.759. The van der Waals surface area contributed by atoms with Gasteiger partial charge in [-0.05, 0) is 42.4 Å². The summed E-state index contributed by atoms with van der Waals surface area (Å²) >= 11 is 0. The highest BCUT2D eigenvalue weighted by Crippen LogP contribution is 2.28. The third kappa shape index (κ3) is 3.37. The molecule has 0 unspecified atom stereocenters.